The van der Waals surface area contributed by atoms with Gasteiger partial charge in [0.05, 0.1) is 11.1 Å². The Morgan fingerprint density at radius 1 is 1.48 bits per heavy atom. The fraction of sp³-hybridized carbons (Fsp3) is 0.429. The molecule has 0 aliphatic carbocycles. The Morgan fingerprint density at radius 3 is 2.81 bits per heavy atom. The highest BCUT2D eigenvalue weighted by molar-refractivity contribution is 5.95. The molecule has 3 N–H and O–H groups in total. The van der Waals surface area contributed by atoms with Crippen LogP contribution < -0.4 is 11.1 Å². The zero-order valence-electron chi connectivity index (χ0n) is 12.5. The second-order valence-corrected chi connectivity index (χ2v) is 5.33. The lowest BCUT2D eigenvalue weighted by molar-refractivity contribution is -0.124. The van der Waals surface area contributed by atoms with Gasteiger partial charge in [-0.15, -0.1) is 5.10 Å². The average Bonchev–Trinajstić information content (AvgIpc) is 3.02. The van der Waals surface area contributed by atoms with Crippen LogP contribution in [0.15, 0.2) is 24.5 Å². The number of nitrogens with zero attached hydrogens (tertiary/aromatic N) is 4. The topological polar surface area (TPSA) is 98.7 Å². The van der Waals surface area contributed by atoms with Crippen LogP contribution in [0.4, 0.5) is 5.69 Å². The highest BCUT2D eigenvalue weighted by Gasteiger charge is 2.29. The van der Waals surface area contributed by atoms with Gasteiger partial charge < -0.3 is 11.1 Å². The van der Waals surface area contributed by atoms with Crippen LogP contribution in [-0.4, -0.2) is 32.7 Å². The highest BCUT2D eigenvalue weighted by atomic mass is 16.2. The summed E-state index contributed by atoms with van der Waals surface area (Å²) in [7, 11) is 0. The molecule has 0 fully saturated rings. The Hall–Kier alpha value is -2.28. The number of nitrogens with one attached hydrogen (secondary N) is 1. The summed E-state index contributed by atoms with van der Waals surface area (Å²) in [5.74, 6) is -0.0842. The average molecular weight is 288 g/mol. The predicted octanol–water partition coefficient (Wildman–Crippen LogP) is 1.28. The molecule has 0 aliphatic rings. The number of aromatic nitrogens is 4. The van der Waals surface area contributed by atoms with Gasteiger partial charge in [0.2, 0.25) is 5.91 Å². The Balaban J connectivity index is 2.26. The Kier molecular flexibility index (Phi) is 4.32. The molecule has 0 spiro atoms. The van der Waals surface area contributed by atoms with Crippen LogP contribution in [0.25, 0.3) is 5.69 Å². The molecule has 1 aromatic heterocycles. The lowest BCUT2D eigenvalue weighted by Crippen LogP contribution is -2.39. The van der Waals surface area contributed by atoms with Crippen LogP contribution in [0, 0.1) is 12.3 Å². The molecule has 21 heavy (non-hydrogen) atoms. The molecular weight excluding hydrogens is 268 g/mol. The van der Waals surface area contributed by atoms with Gasteiger partial charge in [-0.3, -0.25) is 4.79 Å². The zero-order chi connectivity index (χ0) is 15.5. The number of hydrogen-bond acceptors (Lipinski definition) is 5. The molecule has 7 heteroatoms. The molecule has 1 atom stereocenters. The van der Waals surface area contributed by atoms with Gasteiger partial charge in [0.25, 0.3) is 0 Å². The second kappa shape index (κ2) is 6.01. The van der Waals surface area contributed by atoms with Crippen LogP contribution in [0.1, 0.15) is 25.8 Å². The maximum Gasteiger partial charge on any atom is 0.231 e. The van der Waals surface area contributed by atoms with Crippen molar-refractivity contribution in [1.82, 2.24) is 20.2 Å². The number of benzene rings is 1. The standard InChI is InChI=1S/C14H20N6O/c1-4-14(3,8-15)13(21)17-11-6-5-10(2)12(7-11)20-9-16-18-19-20/h5-7,9H,4,8,15H2,1-3H3,(H,17,21). The first-order valence-electron chi connectivity index (χ1n) is 6.85. The van der Waals surface area contributed by atoms with E-state index in [2.05, 4.69) is 20.8 Å². The molecule has 0 aliphatic heterocycles. The Bertz CT molecular complexity index is 618. The number of aryl methyl sites for hydroxylation is 1. The summed E-state index contributed by atoms with van der Waals surface area (Å²) in [6.07, 6.45) is 2.20. The van der Waals surface area contributed by atoms with E-state index in [9.17, 15) is 4.79 Å². The number of tetrazole rings is 1. The summed E-state index contributed by atoms with van der Waals surface area (Å²) in [5, 5.41) is 14.0. The quantitative estimate of drug-likeness (QED) is 0.863. The van der Waals surface area contributed by atoms with E-state index in [1.165, 1.54) is 6.33 Å². The minimum atomic E-state index is -0.570. The fourth-order valence-corrected chi connectivity index (χ4v) is 1.89. The van der Waals surface area contributed by atoms with Gasteiger partial charge >= 0.3 is 0 Å². The molecule has 0 saturated heterocycles. The molecule has 2 rings (SSSR count). The number of carbonyl (C=O) groups is 1. The van der Waals surface area contributed by atoms with Gasteiger partial charge in [-0.05, 0) is 48.4 Å². The number of hydrogen-bond donors (Lipinski definition) is 2. The van der Waals surface area contributed by atoms with Crippen molar-refractivity contribution < 1.29 is 4.79 Å². The van der Waals surface area contributed by atoms with Crippen molar-refractivity contribution in [2.24, 2.45) is 11.1 Å². The van der Waals surface area contributed by atoms with Crippen molar-refractivity contribution in [2.45, 2.75) is 27.2 Å². The van der Waals surface area contributed by atoms with Gasteiger partial charge in [-0.2, -0.15) is 0 Å². The molecule has 1 aromatic carbocycles. The first-order chi connectivity index (χ1) is 10.00. The minimum absolute atomic E-state index is 0.0842. The normalized spacial score (nSPS) is 13.7. The maximum absolute atomic E-state index is 12.3. The van der Waals surface area contributed by atoms with E-state index in [0.29, 0.717) is 18.7 Å². The van der Waals surface area contributed by atoms with E-state index in [1.54, 1.807) is 4.68 Å². The van der Waals surface area contributed by atoms with Crippen molar-refractivity contribution in [1.29, 1.82) is 0 Å². The number of anilines is 1. The maximum atomic E-state index is 12.3. The monoisotopic (exact) mass is 288 g/mol. The third-order valence-electron chi connectivity index (χ3n) is 3.84. The molecule has 1 unspecified atom stereocenters. The van der Waals surface area contributed by atoms with Gasteiger partial charge in [-0.25, -0.2) is 4.68 Å². The predicted molar refractivity (Wildman–Crippen MR) is 80.0 cm³/mol. The summed E-state index contributed by atoms with van der Waals surface area (Å²) >= 11 is 0. The molecule has 2 aromatic rings. The lowest BCUT2D eigenvalue weighted by atomic mass is 9.86. The summed E-state index contributed by atoms with van der Waals surface area (Å²) in [6.45, 7) is 6.08. The lowest BCUT2D eigenvalue weighted by Gasteiger charge is -2.25. The Labute approximate surface area is 123 Å². The number of rotatable bonds is 5. The largest absolute Gasteiger partial charge is 0.329 e. The first kappa shape index (κ1) is 15.1. The van der Waals surface area contributed by atoms with E-state index < -0.39 is 5.41 Å². The van der Waals surface area contributed by atoms with Gasteiger partial charge in [0.1, 0.15) is 6.33 Å². The molecular formula is C14H20N6O. The van der Waals surface area contributed by atoms with E-state index in [0.717, 1.165) is 11.3 Å². The first-order valence-corrected chi connectivity index (χ1v) is 6.85. The van der Waals surface area contributed by atoms with Crippen molar-refractivity contribution in [3.8, 4) is 5.69 Å². The van der Waals surface area contributed by atoms with Gasteiger partial charge in [-0.1, -0.05) is 13.0 Å². The zero-order valence-corrected chi connectivity index (χ0v) is 12.5. The van der Waals surface area contributed by atoms with Crippen molar-refractivity contribution in [3.63, 3.8) is 0 Å². The Morgan fingerprint density at radius 2 is 2.24 bits per heavy atom. The van der Waals surface area contributed by atoms with E-state index in [-0.39, 0.29) is 5.91 Å². The van der Waals surface area contributed by atoms with E-state index in [4.69, 9.17) is 5.73 Å². The molecule has 0 saturated carbocycles. The second-order valence-electron chi connectivity index (χ2n) is 5.33. The van der Waals surface area contributed by atoms with E-state index >= 15 is 0 Å². The van der Waals surface area contributed by atoms with Crippen LogP contribution in [-0.2, 0) is 4.79 Å². The number of nitrogens with two attached hydrogens (primary N) is 1. The van der Waals surface area contributed by atoms with Crippen LogP contribution in [0.2, 0.25) is 0 Å². The van der Waals surface area contributed by atoms with Gasteiger partial charge in [0.15, 0.2) is 0 Å². The van der Waals surface area contributed by atoms with E-state index in [1.807, 2.05) is 39.0 Å². The molecule has 1 amide bonds. The third-order valence-corrected chi connectivity index (χ3v) is 3.84. The van der Waals surface area contributed by atoms with Crippen molar-refractivity contribution >= 4 is 11.6 Å². The molecule has 112 valence electrons. The summed E-state index contributed by atoms with van der Waals surface area (Å²) in [4.78, 5) is 12.3. The minimum Gasteiger partial charge on any atom is -0.329 e. The third kappa shape index (κ3) is 3.08. The van der Waals surface area contributed by atoms with Crippen LogP contribution in [0.5, 0.6) is 0 Å². The fourth-order valence-electron chi connectivity index (χ4n) is 1.89. The molecule has 0 radical (unpaired) electrons. The SMILES string of the molecule is CCC(C)(CN)C(=O)Nc1ccc(C)c(-n2cnnn2)c1. The molecule has 7 nitrogen and oxygen atoms in total. The van der Waals surface area contributed by atoms with Gasteiger partial charge in [0, 0.05) is 12.2 Å². The number of amides is 1. The summed E-state index contributed by atoms with van der Waals surface area (Å²) in [5.41, 5.74) is 7.67. The highest BCUT2D eigenvalue weighted by Crippen LogP contribution is 2.24. The van der Waals surface area contributed by atoms with Crippen LogP contribution in [0.3, 0.4) is 0 Å². The van der Waals surface area contributed by atoms with Crippen molar-refractivity contribution in [2.75, 3.05) is 11.9 Å². The van der Waals surface area contributed by atoms with Crippen molar-refractivity contribution in [3.05, 3.63) is 30.1 Å². The molecule has 0 bridgehead atoms. The van der Waals surface area contributed by atoms with Crippen LogP contribution >= 0.6 is 0 Å². The number of carbonyl (C=O) groups excluding carboxylic acids is 1. The smallest absolute Gasteiger partial charge is 0.231 e. The summed E-state index contributed by atoms with van der Waals surface area (Å²) < 4.78 is 1.56. The molecule has 1 heterocycles. The summed E-state index contributed by atoms with van der Waals surface area (Å²) in [6, 6.07) is 5.61.